The van der Waals surface area contributed by atoms with E-state index in [2.05, 4.69) is 10.2 Å². The number of piperazine rings is 1. The number of nitrogens with one attached hydrogen (secondary N) is 1. The van der Waals surface area contributed by atoms with Gasteiger partial charge in [0.2, 0.25) is 5.91 Å². The molecule has 6 nitrogen and oxygen atoms in total. The Hall–Kier alpha value is -2.93. The first-order valence-corrected chi connectivity index (χ1v) is 11.7. The van der Waals surface area contributed by atoms with Gasteiger partial charge in [0.05, 0.1) is 13.2 Å². The molecule has 2 amide bonds. The summed E-state index contributed by atoms with van der Waals surface area (Å²) in [4.78, 5) is 30.2. The third-order valence-corrected chi connectivity index (χ3v) is 6.80. The fourth-order valence-corrected chi connectivity index (χ4v) is 5.01. The number of nitrogens with zero attached hydrogens (tertiary/aromatic N) is 2. The van der Waals surface area contributed by atoms with Gasteiger partial charge in [-0.05, 0) is 60.7 Å². The molecule has 2 aromatic carbocycles. The summed E-state index contributed by atoms with van der Waals surface area (Å²) in [5.74, 6) is 0.750. The zero-order chi connectivity index (χ0) is 23.2. The van der Waals surface area contributed by atoms with Gasteiger partial charge >= 0.3 is 0 Å². The van der Waals surface area contributed by atoms with Crippen molar-refractivity contribution in [1.29, 1.82) is 0 Å². The Morgan fingerprint density at radius 2 is 1.76 bits per heavy atom. The topological polar surface area (TPSA) is 61.9 Å². The molecule has 1 heterocycles. The Morgan fingerprint density at radius 1 is 1.06 bits per heavy atom. The average Bonchev–Trinajstić information content (AvgIpc) is 3.37. The molecule has 7 heteroatoms. The minimum Gasteiger partial charge on any atom is -0.497 e. The lowest BCUT2D eigenvalue weighted by atomic mass is 9.94. The summed E-state index contributed by atoms with van der Waals surface area (Å²) in [5, 5.41) is 3.03. The van der Waals surface area contributed by atoms with E-state index >= 15 is 0 Å². The number of carbonyl (C=O) groups excluding carboxylic acids is 2. The van der Waals surface area contributed by atoms with Crippen LogP contribution in [0.3, 0.4) is 0 Å². The van der Waals surface area contributed by atoms with E-state index < -0.39 is 0 Å². The van der Waals surface area contributed by atoms with Crippen molar-refractivity contribution < 1.29 is 18.7 Å². The minimum absolute atomic E-state index is 0.00101. The number of carbonyl (C=O) groups is 2. The van der Waals surface area contributed by atoms with Crippen LogP contribution in [0.4, 0.5) is 4.39 Å². The Labute approximate surface area is 194 Å². The van der Waals surface area contributed by atoms with Crippen LogP contribution in [0.25, 0.3) is 0 Å². The van der Waals surface area contributed by atoms with E-state index in [4.69, 9.17) is 4.74 Å². The lowest BCUT2D eigenvalue weighted by Gasteiger charge is -2.40. The Balaban J connectivity index is 1.38. The number of halogens is 1. The molecule has 0 bridgehead atoms. The van der Waals surface area contributed by atoms with Gasteiger partial charge in [0.15, 0.2) is 0 Å². The van der Waals surface area contributed by atoms with Crippen LogP contribution in [-0.4, -0.2) is 60.9 Å². The summed E-state index contributed by atoms with van der Waals surface area (Å²) in [6.45, 7) is 2.82. The quantitative estimate of drug-likeness (QED) is 0.698. The number of benzene rings is 2. The summed E-state index contributed by atoms with van der Waals surface area (Å²) in [7, 11) is 1.60. The van der Waals surface area contributed by atoms with Crippen LogP contribution in [0.15, 0.2) is 48.5 Å². The van der Waals surface area contributed by atoms with Gasteiger partial charge in [-0.15, -0.1) is 0 Å². The molecule has 1 unspecified atom stereocenters. The van der Waals surface area contributed by atoms with Crippen molar-refractivity contribution in [3.8, 4) is 5.75 Å². The lowest BCUT2D eigenvalue weighted by Crippen LogP contribution is -2.57. The van der Waals surface area contributed by atoms with Gasteiger partial charge in [0.25, 0.3) is 5.91 Å². The predicted molar refractivity (Wildman–Crippen MR) is 124 cm³/mol. The molecule has 1 atom stereocenters. The van der Waals surface area contributed by atoms with Gasteiger partial charge < -0.3 is 15.0 Å². The highest BCUT2D eigenvalue weighted by atomic mass is 19.1. The third kappa shape index (κ3) is 5.71. The smallest absolute Gasteiger partial charge is 0.253 e. The first-order valence-electron chi connectivity index (χ1n) is 11.7. The van der Waals surface area contributed by atoms with Crippen molar-refractivity contribution in [2.45, 2.75) is 38.3 Å². The Bertz CT molecular complexity index is 952. The second-order valence-electron chi connectivity index (χ2n) is 8.89. The molecule has 2 fully saturated rings. The molecule has 1 aliphatic carbocycles. The van der Waals surface area contributed by atoms with Crippen LogP contribution in [0.1, 0.15) is 41.6 Å². The fraction of sp³-hybridized carbons (Fsp3) is 0.462. The van der Waals surface area contributed by atoms with Crippen LogP contribution in [0.2, 0.25) is 0 Å². The normalized spacial score (nSPS) is 18.2. The average molecular weight is 454 g/mol. The van der Waals surface area contributed by atoms with E-state index in [-0.39, 0.29) is 23.7 Å². The third-order valence-electron chi connectivity index (χ3n) is 6.80. The van der Waals surface area contributed by atoms with Crippen molar-refractivity contribution in [2.75, 3.05) is 33.3 Å². The first-order chi connectivity index (χ1) is 16.0. The van der Waals surface area contributed by atoms with Crippen LogP contribution in [0, 0.1) is 11.7 Å². The maximum absolute atomic E-state index is 13.5. The number of hydrogen-bond acceptors (Lipinski definition) is 4. The summed E-state index contributed by atoms with van der Waals surface area (Å²) in [6.07, 6.45) is 4.38. The van der Waals surface area contributed by atoms with Gasteiger partial charge in [-0.2, -0.15) is 0 Å². The second kappa shape index (κ2) is 10.8. The summed E-state index contributed by atoms with van der Waals surface area (Å²) < 4.78 is 18.7. The number of hydrogen-bond donors (Lipinski definition) is 1. The second-order valence-corrected chi connectivity index (χ2v) is 8.89. The highest BCUT2D eigenvalue weighted by Crippen LogP contribution is 2.31. The van der Waals surface area contributed by atoms with Crippen LogP contribution in [-0.2, 0) is 11.3 Å². The van der Waals surface area contributed by atoms with Crippen LogP contribution >= 0.6 is 0 Å². The van der Waals surface area contributed by atoms with E-state index in [9.17, 15) is 14.0 Å². The predicted octanol–water partition coefficient (Wildman–Crippen LogP) is 3.47. The van der Waals surface area contributed by atoms with Crippen LogP contribution < -0.4 is 10.1 Å². The van der Waals surface area contributed by atoms with E-state index in [0.717, 1.165) is 37.0 Å². The van der Waals surface area contributed by atoms with E-state index in [1.54, 1.807) is 37.4 Å². The van der Waals surface area contributed by atoms with E-state index in [1.807, 2.05) is 11.0 Å². The molecule has 1 saturated heterocycles. The van der Waals surface area contributed by atoms with Crippen molar-refractivity contribution >= 4 is 11.8 Å². The fourth-order valence-electron chi connectivity index (χ4n) is 5.01. The van der Waals surface area contributed by atoms with Crippen molar-refractivity contribution in [3.63, 3.8) is 0 Å². The minimum atomic E-state index is -0.299. The van der Waals surface area contributed by atoms with Gasteiger partial charge in [-0.25, -0.2) is 4.39 Å². The highest BCUT2D eigenvalue weighted by Gasteiger charge is 2.37. The zero-order valence-electron chi connectivity index (χ0n) is 19.1. The number of ether oxygens (including phenoxy) is 1. The van der Waals surface area contributed by atoms with Gasteiger partial charge in [-0.3, -0.25) is 14.5 Å². The number of methoxy groups -OCH3 is 1. The van der Waals surface area contributed by atoms with Crippen molar-refractivity contribution in [1.82, 2.24) is 15.1 Å². The van der Waals surface area contributed by atoms with E-state index in [1.165, 1.54) is 12.1 Å². The summed E-state index contributed by atoms with van der Waals surface area (Å²) >= 11 is 0. The summed E-state index contributed by atoms with van der Waals surface area (Å²) in [6, 6.07) is 13.3. The highest BCUT2D eigenvalue weighted by molar-refractivity contribution is 5.94. The van der Waals surface area contributed by atoms with Crippen LogP contribution in [0.5, 0.6) is 5.75 Å². The SMILES string of the molecule is COc1ccc(C(=O)N2CCN(C(C(=O)NCc3cccc(F)c3)C3CCCC3)CC2)cc1. The molecular formula is C26H32FN3O3. The Morgan fingerprint density at radius 3 is 2.39 bits per heavy atom. The zero-order valence-corrected chi connectivity index (χ0v) is 19.1. The van der Waals surface area contributed by atoms with Gasteiger partial charge in [-0.1, -0.05) is 25.0 Å². The molecule has 2 aliphatic rings. The van der Waals surface area contributed by atoms with Gasteiger partial charge in [0, 0.05) is 38.3 Å². The molecule has 0 aromatic heterocycles. The van der Waals surface area contributed by atoms with Gasteiger partial charge in [0.1, 0.15) is 11.6 Å². The number of amides is 2. The molecule has 176 valence electrons. The molecule has 33 heavy (non-hydrogen) atoms. The van der Waals surface area contributed by atoms with E-state index in [0.29, 0.717) is 44.2 Å². The van der Waals surface area contributed by atoms with Crippen molar-refractivity contribution in [3.05, 3.63) is 65.5 Å². The molecule has 1 N–H and O–H groups in total. The number of rotatable bonds is 7. The molecule has 0 spiro atoms. The molecule has 4 rings (SSSR count). The maximum Gasteiger partial charge on any atom is 0.253 e. The molecule has 1 aliphatic heterocycles. The largest absolute Gasteiger partial charge is 0.497 e. The Kier molecular flexibility index (Phi) is 7.60. The molecular weight excluding hydrogens is 421 g/mol. The summed E-state index contributed by atoms with van der Waals surface area (Å²) in [5.41, 5.74) is 1.40. The first kappa shape index (κ1) is 23.2. The molecule has 1 saturated carbocycles. The molecule has 0 radical (unpaired) electrons. The lowest BCUT2D eigenvalue weighted by molar-refractivity contribution is -0.129. The monoisotopic (exact) mass is 453 g/mol. The maximum atomic E-state index is 13.5. The van der Waals surface area contributed by atoms with Crippen molar-refractivity contribution in [2.24, 2.45) is 5.92 Å². The standard InChI is InChI=1S/C26H32FN3O3/c1-33-23-11-9-21(10-12-23)26(32)30-15-13-29(14-16-30)24(20-6-2-3-7-20)25(31)28-18-19-5-4-8-22(27)17-19/h4-5,8-12,17,20,24H,2-3,6-7,13-16,18H2,1H3,(H,28,31). The molecule has 2 aromatic rings.